The Hall–Kier alpha value is -4.41. The number of hydrogen-bond donors (Lipinski definition) is 3. The summed E-state index contributed by atoms with van der Waals surface area (Å²) in [6.45, 7) is -0.699. The number of hydrogen-bond acceptors (Lipinski definition) is 8. The fourth-order valence-electron chi connectivity index (χ4n) is 2.92. The van der Waals surface area contributed by atoms with Gasteiger partial charge in [0.2, 0.25) is 0 Å². The summed E-state index contributed by atoms with van der Waals surface area (Å²) >= 11 is 0. The van der Waals surface area contributed by atoms with Gasteiger partial charge in [-0.15, -0.1) is 0 Å². The molecule has 11 heteroatoms. The van der Waals surface area contributed by atoms with Gasteiger partial charge < -0.3 is 39.2 Å². The first-order chi connectivity index (χ1) is 16.2. The van der Waals surface area contributed by atoms with Crippen LogP contribution in [0.4, 0.5) is 5.69 Å². The highest BCUT2D eigenvalue weighted by molar-refractivity contribution is 5.85. The largest absolute Gasteiger partial charge is 0.493 e. The minimum Gasteiger partial charge on any atom is -0.493 e. The smallest absolute Gasteiger partial charge is 0.328 e. The zero-order valence-electron chi connectivity index (χ0n) is 18.6. The molecule has 0 spiro atoms. The second kappa shape index (κ2) is 12.6. The molecule has 0 saturated heterocycles. The Morgan fingerprint density at radius 1 is 0.794 bits per heavy atom. The molecule has 0 unspecified atom stereocenters. The molecule has 0 amide bonds. The molecule has 0 aliphatic heterocycles. The summed E-state index contributed by atoms with van der Waals surface area (Å²) in [6, 6.07) is 9.55. The minimum absolute atomic E-state index is 0.132. The molecule has 182 valence electrons. The van der Waals surface area contributed by atoms with Gasteiger partial charge in [-0.1, -0.05) is 6.07 Å². The van der Waals surface area contributed by atoms with Crippen molar-refractivity contribution in [1.82, 2.24) is 0 Å². The lowest BCUT2D eigenvalue weighted by atomic mass is 10.2. The molecule has 0 atom stereocenters. The first-order valence-electron chi connectivity index (χ1n) is 9.94. The molecule has 2 aromatic carbocycles. The van der Waals surface area contributed by atoms with E-state index in [4.69, 9.17) is 34.3 Å². The van der Waals surface area contributed by atoms with Crippen molar-refractivity contribution in [2.45, 2.75) is 0 Å². The van der Waals surface area contributed by atoms with Crippen LogP contribution in [-0.4, -0.2) is 73.8 Å². The lowest BCUT2D eigenvalue weighted by Gasteiger charge is -2.22. The van der Waals surface area contributed by atoms with E-state index in [9.17, 15) is 14.4 Å². The summed E-state index contributed by atoms with van der Waals surface area (Å²) in [5.41, 5.74) is 0.986. The number of benzene rings is 2. The maximum Gasteiger partial charge on any atom is 0.328 e. The maximum atomic E-state index is 11.1. The van der Waals surface area contributed by atoms with Crippen LogP contribution < -0.4 is 23.8 Å². The molecule has 11 nitrogen and oxygen atoms in total. The second-order valence-corrected chi connectivity index (χ2v) is 6.76. The van der Waals surface area contributed by atoms with Crippen molar-refractivity contribution in [3.8, 4) is 23.0 Å². The van der Waals surface area contributed by atoms with Gasteiger partial charge in [0.25, 0.3) is 0 Å². The fourth-order valence-corrected chi connectivity index (χ4v) is 2.92. The molecule has 3 N–H and O–H groups in total. The predicted octanol–water partition coefficient (Wildman–Crippen LogP) is 2.24. The highest BCUT2D eigenvalue weighted by Gasteiger charge is 2.17. The Bertz CT molecular complexity index is 1030. The van der Waals surface area contributed by atoms with E-state index in [0.29, 0.717) is 34.2 Å². The lowest BCUT2D eigenvalue weighted by Crippen LogP contribution is -2.34. The monoisotopic (exact) mass is 475 g/mol. The Labute approximate surface area is 195 Å². The topological polar surface area (TPSA) is 152 Å². The molecule has 34 heavy (non-hydrogen) atoms. The molecule has 2 rings (SSSR count). The predicted molar refractivity (Wildman–Crippen MR) is 121 cm³/mol. The molecule has 0 aliphatic carbocycles. The molecule has 0 radical (unpaired) electrons. The van der Waals surface area contributed by atoms with Crippen molar-refractivity contribution in [2.24, 2.45) is 0 Å². The van der Waals surface area contributed by atoms with Crippen molar-refractivity contribution < 1.29 is 48.7 Å². The molecule has 0 aliphatic rings. The third kappa shape index (κ3) is 7.93. The van der Waals surface area contributed by atoms with E-state index in [1.807, 2.05) is 0 Å². The number of methoxy groups -OCH3 is 2. The van der Waals surface area contributed by atoms with Gasteiger partial charge in [-0.3, -0.25) is 9.59 Å². The number of nitrogens with zero attached hydrogens (tertiary/aromatic N) is 1. The van der Waals surface area contributed by atoms with E-state index < -0.39 is 31.0 Å². The third-order valence-corrected chi connectivity index (χ3v) is 4.37. The van der Waals surface area contributed by atoms with Crippen molar-refractivity contribution in [1.29, 1.82) is 0 Å². The fraction of sp³-hybridized carbons (Fsp3) is 0.261. The van der Waals surface area contributed by atoms with Crippen LogP contribution >= 0.6 is 0 Å². The van der Waals surface area contributed by atoms with Crippen molar-refractivity contribution in [3.63, 3.8) is 0 Å². The van der Waals surface area contributed by atoms with Crippen LogP contribution in [0.15, 0.2) is 42.5 Å². The van der Waals surface area contributed by atoms with Crippen LogP contribution in [0.1, 0.15) is 5.56 Å². The Morgan fingerprint density at radius 2 is 1.32 bits per heavy atom. The molecular formula is C23H25NO10. The summed E-state index contributed by atoms with van der Waals surface area (Å²) in [5, 5.41) is 26.8. The summed E-state index contributed by atoms with van der Waals surface area (Å²) in [5.74, 6) is -1.87. The zero-order valence-corrected chi connectivity index (χ0v) is 18.6. The highest BCUT2D eigenvalue weighted by Crippen LogP contribution is 2.32. The van der Waals surface area contributed by atoms with Crippen molar-refractivity contribution in [3.05, 3.63) is 48.0 Å². The number of rotatable bonds is 14. The number of carbonyl (C=O) groups is 3. The first-order valence-corrected chi connectivity index (χ1v) is 9.94. The van der Waals surface area contributed by atoms with Gasteiger partial charge in [0, 0.05) is 17.8 Å². The van der Waals surface area contributed by atoms with E-state index in [1.165, 1.54) is 37.3 Å². The normalized spacial score (nSPS) is 10.5. The third-order valence-electron chi connectivity index (χ3n) is 4.37. The van der Waals surface area contributed by atoms with E-state index in [-0.39, 0.29) is 13.2 Å². The van der Waals surface area contributed by atoms with E-state index >= 15 is 0 Å². The Balaban J connectivity index is 2.02. The second-order valence-electron chi connectivity index (χ2n) is 6.76. The number of anilines is 1. The van der Waals surface area contributed by atoms with Gasteiger partial charge >= 0.3 is 17.9 Å². The average Bonchev–Trinajstić information content (AvgIpc) is 2.79. The maximum absolute atomic E-state index is 11.1. The summed E-state index contributed by atoms with van der Waals surface area (Å²) in [7, 11) is 2.88. The van der Waals surface area contributed by atoms with Crippen molar-refractivity contribution >= 4 is 29.7 Å². The minimum atomic E-state index is -1.17. The van der Waals surface area contributed by atoms with Gasteiger partial charge in [0.1, 0.15) is 26.3 Å². The SMILES string of the molecule is COc1cc(/C=C/C(=O)O)ccc1OCCOc1ccc(N(CC(=O)O)CC(=O)O)cc1OC. The highest BCUT2D eigenvalue weighted by atomic mass is 16.5. The molecule has 0 saturated carbocycles. The molecule has 0 aromatic heterocycles. The van der Waals surface area contributed by atoms with Gasteiger partial charge in [0.15, 0.2) is 23.0 Å². The van der Waals surface area contributed by atoms with Gasteiger partial charge in [-0.05, 0) is 35.9 Å². The van der Waals surface area contributed by atoms with Crippen LogP contribution in [0.3, 0.4) is 0 Å². The molecule has 0 fully saturated rings. The van der Waals surface area contributed by atoms with E-state index in [0.717, 1.165) is 6.08 Å². The van der Waals surface area contributed by atoms with Crippen LogP contribution in [-0.2, 0) is 14.4 Å². The van der Waals surface area contributed by atoms with Gasteiger partial charge in [-0.2, -0.15) is 0 Å². The number of ether oxygens (including phenoxy) is 4. The molecular weight excluding hydrogens is 450 g/mol. The Kier molecular flexibility index (Phi) is 9.56. The van der Waals surface area contributed by atoms with Crippen LogP contribution in [0, 0.1) is 0 Å². The molecule has 0 heterocycles. The van der Waals surface area contributed by atoms with E-state index in [1.54, 1.807) is 24.3 Å². The number of carboxylic acid groups (broad SMARTS) is 3. The average molecular weight is 475 g/mol. The van der Waals surface area contributed by atoms with Gasteiger partial charge in [-0.25, -0.2) is 4.79 Å². The zero-order chi connectivity index (χ0) is 25.1. The van der Waals surface area contributed by atoms with Crippen LogP contribution in [0.2, 0.25) is 0 Å². The van der Waals surface area contributed by atoms with Crippen molar-refractivity contribution in [2.75, 3.05) is 45.4 Å². The molecule has 2 aromatic rings. The quantitative estimate of drug-likeness (QED) is 0.272. The summed E-state index contributed by atoms with van der Waals surface area (Å²) < 4.78 is 21.9. The number of aliphatic carboxylic acids is 3. The summed E-state index contributed by atoms with van der Waals surface area (Å²) in [6.07, 6.45) is 2.45. The molecule has 0 bridgehead atoms. The summed E-state index contributed by atoms with van der Waals surface area (Å²) in [4.78, 5) is 34.0. The van der Waals surface area contributed by atoms with Gasteiger partial charge in [0.05, 0.1) is 14.2 Å². The van der Waals surface area contributed by atoms with Crippen LogP contribution in [0.5, 0.6) is 23.0 Å². The van der Waals surface area contributed by atoms with Crippen LogP contribution in [0.25, 0.3) is 6.08 Å². The standard InChI is InChI=1S/C23H25NO10/c1-31-19-11-15(4-8-21(25)26)3-6-17(19)33-9-10-34-18-7-5-16(12-20(18)32-2)24(13-22(27)28)14-23(29)30/h3-8,11-12H,9-10,13-14H2,1-2H3,(H,25,26)(H,27,28)(H,29,30)/b8-4+. The first kappa shape index (κ1) is 25.8. The Morgan fingerprint density at radius 3 is 1.82 bits per heavy atom. The lowest BCUT2D eigenvalue weighted by molar-refractivity contribution is -0.136. The van der Waals surface area contributed by atoms with E-state index in [2.05, 4.69) is 0 Å². The number of carboxylic acids is 3.